The van der Waals surface area contributed by atoms with Crippen molar-refractivity contribution in [3.8, 4) is 0 Å². The quantitative estimate of drug-likeness (QED) is 0.560. The summed E-state index contributed by atoms with van der Waals surface area (Å²) in [7, 11) is -7.84. The van der Waals surface area contributed by atoms with E-state index in [2.05, 4.69) is 4.72 Å². The van der Waals surface area contributed by atoms with E-state index in [0.29, 0.717) is 13.1 Å². The fraction of sp³-hybridized carbons (Fsp3) is 0.294. The Morgan fingerprint density at radius 2 is 1.50 bits per heavy atom. The molecule has 150 valence electrons. The molecule has 9 nitrogen and oxygen atoms in total. The van der Waals surface area contributed by atoms with E-state index in [9.17, 15) is 26.9 Å². The van der Waals surface area contributed by atoms with Crippen molar-refractivity contribution in [2.45, 2.75) is 29.1 Å². The summed E-state index contributed by atoms with van der Waals surface area (Å²) < 4.78 is 54.0. The van der Waals surface area contributed by atoms with Crippen LogP contribution < -0.4 is 4.72 Å². The van der Waals surface area contributed by atoms with Crippen molar-refractivity contribution in [2.75, 3.05) is 17.8 Å². The molecule has 1 heterocycles. The number of benzene rings is 2. The molecule has 11 heteroatoms. The SMILES string of the molecule is O=[N+]([O-])c1ccccc1S(=O)(=O)Nc1ccc(S(=O)(=O)N2CCCCC2)cc1. The van der Waals surface area contributed by atoms with Gasteiger partial charge in [-0.15, -0.1) is 0 Å². The summed E-state index contributed by atoms with van der Waals surface area (Å²) >= 11 is 0. The summed E-state index contributed by atoms with van der Waals surface area (Å²) in [6.07, 6.45) is 2.62. The highest BCUT2D eigenvalue weighted by molar-refractivity contribution is 7.93. The van der Waals surface area contributed by atoms with Gasteiger partial charge < -0.3 is 0 Å². The highest BCUT2D eigenvalue weighted by atomic mass is 32.2. The van der Waals surface area contributed by atoms with Crippen LogP contribution in [0.3, 0.4) is 0 Å². The summed E-state index contributed by atoms with van der Waals surface area (Å²) in [5.74, 6) is 0. The summed E-state index contributed by atoms with van der Waals surface area (Å²) in [6, 6.07) is 10.3. The molecule has 1 N–H and O–H groups in total. The molecule has 3 rings (SSSR count). The topological polar surface area (TPSA) is 127 Å². The van der Waals surface area contributed by atoms with Crippen LogP contribution in [0.1, 0.15) is 19.3 Å². The first-order valence-electron chi connectivity index (χ1n) is 8.58. The van der Waals surface area contributed by atoms with Crippen molar-refractivity contribution in [3.05, 3.63) is 58.6 Å². The van der Waals surface area contributed by atoms with Crippen molar-refractivity contribution in [1.29, 1.82) is 0 Å². The maximum atomic E-state index is 12.6. The van der Waals surface area contributed by atoms with E-state index in [1.165, 1.54) is 40.7 Å². The maximum absolute atomic E-state index is 12.6. The Morgan fingerprint density at radius 1 is 0.893 bits per heavy atom. The lowest BCUT2D eigenvalue weighted by Crippen LogP contribution is -2.35. The van der Waals surface area contributed by atoms with Gasteiger partial charge in [-0.2, -0.15) is 4.31 Å². The van der Waals surface area contributed by atoms with Gasteiger partial charge in [-0.25, -0.2) is 16.8 Å². The van der Waals surface area contributed by atoms with Gasteiger partial charge in [-0.1, -0.05) is 18.6 Å². The Bertz CT molecular complexity index is 1080. The number of hydrogen-bond acceptors (Lipinski definition) is 6. The average Bonchev–Trinajstić information content (AvgIpc) is 2.69. The Hall–Kier alpha value is -2.50. The lowest BCUT2D eigenvalue weighted by molar-refractivity contribution is -0.387. The molecule has 1 fully saturated rings. The van der Waals surface area contributed by atoms with Gasteiger partial charge in [0, 0.05) is 24.8 Å². The minimum atomic E-state index is -4.21. The highest BCUT2D eigenvalue weighted by Gasteiger charge is 2.27. The molecular formula is C17H19N3O6S2. The molecule has 2 aromatic rings. The van der Waals surface area contributed by atoms with Crippen LogP contribution in [0, 0.1) is 10.1 Å². The number of piperidine rings is 1. The monoisotopic (exact) mass is 425 g/mol. The average molecular weight is 425 g/mol. The normalized spacial score (nSPS) is 15.9. The number of nitrogens with zero attached hydrogens (tertiary/aromatic N) is 2. The number of nitro groups is 1. The predicted molar refractivity (Wildman–Crippen MR) is 103 cm³/mol. The second-order valence-corrected chi connectivity index (χ2v) is 9.91. The van der Waals surface area contributed by atoms with E-state index in [4.69, 9.17) is 0 Å². The van der Waals surface area contributed by atoms with E-state index in [1.54, 1.807) is 0 Å². The molecule has 1 aliphatic heterocycles. The van der Waals surface area contributed by atoms with Gasteiger partial charge in [-0.05, 0) is 43.2 Å². The van der Waals surface area contributed by atoms with Gasteiger partial charge in [0.2, 0.25) is 10.0 Å². The van der Waals surface area contributed by atoms with Gasteiger partial charge >= 0.3 is 0 Å². The number of para-hydroxylation sites is 1. The molecule has 0 aliphatic carbocycles. The molecule has 1 saturated heterocycles. The molecule has 0 amide bonds. The Labute approximate surface area is 163 Å². The zero-order valence-electron chi connectivity index (χ0n) is 14.8. The van der Waals surface area contributed by atoms with Crippen molar-refractivity contribution in [1.82, 2.24) is 4.31 Å². The molecule has 0 bridgehead atoms. The van der Waals surface area contributed by atoms with E-state index in [-0.39, 0.29) is 10.6 Å². The Morgan fingerprint density at radius 3 is 2.11 bits per heavy atom. The first-order chi connectivity index (χ1) is 13.2. The summed E-state index contributed by atoms with van der Waals surface area (Å²) in [6.45, 7) is 0.933. The van der Waals surface area contributed by atoms with Crippen molar-refractivity contribution in [3.63, 3.8) is 0 Å². The zero-order chi connectivity index (χ0) is 20.4. The van der Waals surface area contributed by atoms with Crippen LogP contribution in [0.5, 0.6) is 0 Å². The first-order valence-corrected chi connectivity index (χ1v) is 11.5. The smallest absolute Gasteiger partial charge is 0.279 e. The molecule has 0 spiro atoms. The van der Waals surface area contributed by atoms with Gasteiger partial charge in [-0.3, -0.25) is 14.8 Å². The highest BCUT2D eigenvalue weighted by Crippen LogP contribution is 2.26. The maximum Gasteiger partial charge on any atom is 0.289 e. The van der Waals surface area contributed by atoms with Crippen LogP contribution in [0.25, 0.3) is 0 Å². The molecule has 28 heavy (non-hydrogen) atoms. The largest absolute Gasteiger partial charge is 0.289 e. The van der Waals surface area contributed by atoms with Crippen LogP contribution in [0.15, 0.2) is 58.3 Å². The second-order valence-electron chi connectivity index (χ2n) is 6.32. The van der Waals surface area contributed by atoms with E-state index < -0.39 is 35.6 Å². The minimum Gasteiger partial charge on any atom is -0.279 e. The zero-order valence-corrected chi connectivity index (χ0v) is 16.4. The fourth-order valence-corrected chi connectivity index (χ4v) is 5.74. The standard InChI is InChI=1S/C17H19N3O6S2/c21-20(22)16-6-2-3-7-17(16)27(23,24)18-14-8-10-15(11-9-14)28(25,26)19-12-4-1-5-13-19/h2-3,6-11,18H,1,4-5,12-13H2. The predicted octanol–water partition coefficient (Wildman–Crippen LogP) is 2.57. The lowest BCUT2D eigenvalue weighted by Gasteiger charge is -2.25. The second kappa shape index (κ2) is 7.86. The number of nitrogens with one attached hydrogen (secondary N) is 1. The third-order valence-corrected chi connectivity index (χ3v) is 7.75. The molecular weight excluding hydrogens is 406 g/mol. The van der Waals surface area contributed by atoms with E-state index >= 15 is 0 Å². The van der Waals surface area contributed by atoms with Crippen LogP contribution in [0.4, 0.5) is 11.4 Å². The van der Waals surface area contributed by atoms with E-state index in [0.717, 1.165) is 31.4 Å². The van der Waals surface area contributed by atoms with Crippen molar-refractivity contribution >= 4 is 31.4 Å². The van der Waals surface area contributed by atoms with Crippen LogP contribution in [-0.2, 0) is 20.0 Å². The van der Waals surface area contributed by atoms with Gasteiger partial charge in [0.15, 0.2) is 4.90 Å². The lowest BCUT2D eigenvalue weighted by atomic mass is 10.2. The van der Waals surface area contributed by atoms with Gasteiger partial charge in [0.05, 0.1) is 9.82 Å². The number of rotatable bonds is 6. The van der Waals surface area contributed by atoms with Crippen LogP contribution in [-0.4, -0.2) is 39.2 Å². The number of hydrogen-bond donors (Lipinski definition) is 1. The molecule has 1 aliphatic rings. The summed E-state index contributed by atoms with van der Waals surface area (Å²) in [5, 5.41) is 11.1. The van der Waals surface area contributed by atoms with Crippen LogP contribution in [0.2, 0.25) is 0 Å². The first kappa shape index (κ1) is 20.2. The fourth-order valence-electron chi connectivity index (χ4n) is 2.99. The third kappa shape index (κ3) is 4.16. The van der Waals surface area contributed by atoms with E-state index in [1.807, 2.05) is 0 Å². The summed E-state index contributed by atoms with van der Waals surface area (Å²) in [4.78, 5) is 9.90. The Balaban J connectivity index is 1.84. The molecule has 2 aromatic carbocycles. The number of anilines is 1. The van der Waals surface area contributed by atoms with Crippen molar-refractivity contribution < 1.29 is 21.8 Å². The number of nitro benzene ring substituents is 1. The Kier molecular flexibility index (Phi) is 5.68. The number of sulfonamides is 2. The summed E-state index contributed by atoms with van der Waals surface area (Å²) in [5.41, 5.74) is -0.435. The molecule has 0 unspecified atom stereocenters. The van der Waals surface area contributed by atoms with Crippen molar-refractivity contribution in [2.24, 2.45) is 0 Å². The molecule has 0 radical (unpaired) electrons. The van der Waals surface area contributed by atoms with Gasteiger partial charge in [0.1, 0.15) is 0 Å². The van der Waals surface area contributed by atoms with Crippen LogP contribution >= 0.6 is 0 Å². The minimum absolute atomic E-state index is 0.0723. The third-order valence-electron chi connectivity index (χ3n) is 4.41. The van der Waals surface area contributed by atoms with Gasteiger partial charge in [0.25, 0.3) is 15.7 Å². The molecule has 0 saturated carbocycles. The molecule has 0 atom stereocenters. The molecule has 0 aromatic heterocycles.